The van der Waals surface area contributed by atoms with Gasteiger partial charge in [0, 0.05) is 17.8 Å². The molecule has 0 aliphatic heterocycles. The Bertz CT molecular complexity index is 228. The summed E-state index contributed by atoms with van der Waals surface area (Å²) in [5, 5.41) is 0.487. The van der Waals surface area contributed by atoms with Crippen molar-refractivity contribution in [2.75, 3.05) is 7.11 Å². The van der Waals surface area contributed by atoms with Gasteiger partial charge in [-0.2, -0.15) is 0 Å². The summed E-state index contributed by atoms with van der Waals surface area (Å²) in [5.74, 6) is 0.766. The molecule has 1 aromatic rings. The van der Waals surface area contributed by atoms with Gasteiger partial charge in [0.05, 0.1) is 7.11 Å². The predicted octanol–water partition coefficient (Wildman–Crippen LogP) is 3.33. The molecular weight excluding hydrogens is 186 g/mol. The molecule has 0 radical (unpaired) electrons. The van der Waals surface area contributed by atoms with E-state index in [1.807, 2.05) is 26.8 Å². The molecule has 2 nitrogen and oxygen atoms in total. The topological polar surface area (TPSA) is 22.1 Å². The van der Waals surface area contributed by atoms with Crippen LogP contribution in [0.1, 0.15) is 26.5 Å². The molecule has 0 aliphatic carbocycles. The number of hydrogen-bond acceptors (Lipinski definition) is 2. The lowest BCUT2D eigenvalue weighted by Crippen LogP contribution is -1.90. The average molecular weight is 202 g/mol. The van der Waals surface area contributed by atoms with Crippen molar-refractivity contribution in [3.05, 3.63) is 23.0 Å². The summed E-state index contributed by atoms with van der Waals surface area (Å²) in [6.07, 6.45) is 0.872. The minimum atomic E-state index is 0.487. The van der Waals surface area contributed by atoms with E-state index in [0.717, 1.165) is 17.9 Å². The van der Waals surface area contributed by atoms with E-state index in [2.05, 4.69) is 4.98 Å². The van der Waals surface area contributed by atoms with Crippen molar-refractivity contribution in [1.29, 1.82) is 0 Å². The Kier molecular flexibility index (Phi) is 6.33. The molecule has 0 aromatic carbocycles. The highest BCUT2D eigenvalue weighted by Gasteiger charge is 1.98. The van der Waals surface area contributed by atoms with Crippen molar-refractivity contribution in [1.82, 2.24) is 4.98 Å². The van der Waals surface area contributed by atoms with Gasteiger partial charge in [-0.1, -0.05) is 32.4 Å². The highest BCUT2D eigenvalue weighted by atomic mass is 35.5. The fourth-order valence-electron chi connectivity index (χ4n) is 0.824. The predicted molar refractivity (Wildman–Crippen MR) is 56.5 cm³/mol. The Hall–Kier alpha value is -0.760. The van der Waals surface area contributed by atoms with Gasteiger partial charge in [-0.05, 0) is 6.42 Å². The standard InChI is InChI=1S/C8H10ClNO.C2H6/c1-3-6-4-7(11-2)5-8(9)10-6;1-2/h4-5H,3H2,1-2H3;1-2H3. The molecule has 0 fully saturated rings. The molecule has 1 heterocycles. The molecule has 0 saturated heterocycles. The molecule has 0 atom stereocenters. The molecule has 0 N–H and O–H groups in total. The number of aromatic nitrogens is 1. The summed E-state index contributed by atoms with van der Waals surface area (Å²) < 4.78 is 5.01. The highest BCUT2D eigenvalue weighted by molar-refractivity contribution is 6.29. The molecule has 0 bridgehead atoms. The molecule has 0 unspecified atom stereocenters. The molecule has 0 saturated carbocycles. The van der Waals surface area contributed by atoms with Gasteiger partial charge < -0.3 is 4.74 Å². The lowest BCUT2D eigenvalue weighted by atomic mass is 10.3. The summed E-state index contributed by atoms with van der Waals surface area (Å²) in [7, 11) is 1.62. The number of halogens is 1. The first kappa shape index (κ1) is 12.2. The van der Waals surface area contributed by atoms with Gasteiger partial charge in [-0.3, -0.25) is 0 Å². The van der Waals surface area contributed by atoms with E-state index in [9.17, 15) is 0 Å². The largest absolute Gasteiger partial charge is 0.497 e. The first-order valence-corrected chi connectivity index (χ1v) is 4.84. The molecule has 0 amide bonds. The second-order valence-electron chi connectivity index (χ2n) is 2.17. The van der Waals surface area contributed by atoms with Crippen LogP contribution in [-0.4, -0.2) is 12.1 Å². The molecule has 74 valence electrons. The van der Waals surface area contributed by atoms with Crippen LogP contribution >= 0.6 is 11.6 Å². The molecule has 3 heteroatoms. The number of hydrogen-bond donors (Lipinski definition) is 0. The Labute approximate surface area is 84.9 Å². The van der Waals surface area contributed by atoms with E-state index in [4.69, 9.17) is 16.3 Å². The van der Waals surface area contributed by atoms with E-state index < -0.39 is 0 Å². The fourth-order valence-corrected chi connectivity index (χ4v) is 1.04. The smallest absolute Gasteiger partial charge is 0.133 e. The summed E-state index contributed by atoms with van der Waals surface area (Å²) in [5.41, 5.74) is 0.953. The first-order valence-electron chi connectivity index (χ1n) is 4.46. The molecule has 0 aliphatic rings. The van der Waals surface area contributed by atoms with E-state index in [-0.39, 0.29) is 0 Å². The Morgan fingerprint density at radius 3 is 2.46 bits per heavy atom. The van der Waals surface area contributed by atoms with Crippen LogP contribution in [0.15, 0.2) is 12.1 Å². The Balaban J connectivity index is 0.000000671. The summed E-state index contributed by atoms with van der Waals surface area (Å²) in [6.45, 7) is 6.03. The lowest BCUT2D eigenvalue weighted by Gasteiger charge is -2.01. The second kappa shape index (κ2) is 6.72. The second-order valence-corrected chi connectivity index (χ2v) is 2.56. The number of pyridine rings is 1. The van der Waals surface area contributed by atoms with Crippen molar-refractivity contribution in [3.8, 4) is 5.75 Å². The van der Waals surface area contributed by atoms with Crippen LogP contribution in [0.5, 0.6) is 5.75 Å². The van der Waals surface area contributed by atoms with Crippen LogP contribution in [-0.2, 0) is 6.42 Å². The molecular formula is C10H16ClNO. The number of nitrogens with zero attached hydrogens (tertiary/aromatic N) is 1. The van der Waals surface area contributed by atoms with Crippen molar-refractivity contribution in [3.63, 3.8) is 0 Å². The average Bonchev–Trinajstić information content (AvgIpc) is 2.20. The minimum Gasteiger partial charge on any atom is -0.497 e. The lowest BCUT2D eigenvalue weighted by molar-refractivity contribution is 0.413. The van der Waals surface area contributed by atoms with Gasteiger partial charge in [-0.25, -0.2) is 4.98 Å². The summed E-state index contributed by atoms with van der Waals surface area (Å²) in [4.78, 5) is 4.09. The van der Waals surface area contributed by atoms with E-state index in [0.29, 0.717) is 5.15 Å². The first-order chi connectivity index (χ1) is 6.26. The maximum absolute atomic E-state index is 5.72. The summed E-state index contributed by atoms with van der Waals surface area (Å²) in [6, 6.07) is 3.58. The monoisotopic (exact) mass is 201 g/mol. The molecule has 13 heavy (non-hydrogen) atoms. The van der Waals surface area contributed by atoms with Crippen LogP contribution in [0.4, 0.5) is 0 Å². The van der Waals surface area contributed by atoms with Crippen molar-refractivity contribution in [2.45, 2.75) is 27.2 Å². The van der Waals surface area contributed by atoms with Crippen molar-refractivity contribution in [2.24, 2.45) is 0 Å². The number of aryl methyl sites for hydroxylation is 1. The zero-order valence-corrected chi connectivity index (χ0v) is 9.35. The third-order valence-electron chi connectivity index (χ3n) is 1.42. The Morgan fingerprint density at radius 1 is 1.38 bits per heavy atom. The maximum Gasteiger partial charge on any atom is 0.133 e. The van der Waals surface area contributed by atoms with Gasteiger partial charge in [0.15, 0.2) is 0 Å². The molecule has 1 aromatic heterocycles. The van der Waals surface area contributed by atoms with Gasteiger partial charge in [-0.15, -0.1) is 0 Å². The normalized spacial score (nSPS) is 8.69. The van der Waals surface area contributed by atoms with Crippen LogP contribution in [0.25, 0.3) is 0 Å². The van der Waals surface area contributed by atoms with Gasteiger partial charge in [0.25, 0.3) is 0 Å². The van der Waals surface area contributed by atoms with Crippen molar-refractivity contribution >= 4 is 11.6 Å². The van der Waals surface area contributed by atoms with Gasteiger partial charge in [0.2, 0.25) is 0 Å². The number of methoxy groups -OCH3 is 1. The van der Waals surface area contributed by atoms with Crippen molar-refractivity contribution < 1.29 is 4.74 Å². The van der Waals surface area contributed by atoms with Crippen LogP contribution in [0, 0.1) is 0 Å². The maximum atomic E-state index is 5.72. The van der Waals surface area contributed by atoms with E-state index in [1.54, 1.807) is 13.2 Å². The molecule has 1 rings (SSSR count). The fraction of sp³-hybridized carbons (Fsp3) is 0.500. The zero-order chi connectivity index (χ0) is 10.3. The van der Waals surface area contributed by atoms with Crippen LogP contribution in [0.2, 0.25) is 5.15 Å². The molecule has 0 spiro atoms. The van der Waals surface area contributed by atoms with Crippen LogP contribution in [0.3, 0.4) is 0 Å². The third-order valence-corrected chi connectivity index (χ3v) is 1.61. The number of rotatable bonds is 2. The Morgan fingerprint density at radius 2 is 2.00 bits per heavy atom. The van der Waals surface area contributed by atoms with Gasteiger partial charge in [0.1, 0.15) is 10.9 Å². The third kappa shape index (κ3) is 4.13. The quantitative estimate of drug-likeness (QED) is 0.685. The van der Waals surface area contributed by atoms with Crippen LogP contribution < -0.4 is 4.74 Å². The SMILES string of the molecule is CC.CCc1cc(OC)cc(Cl)n1. The van der Waals surface area contributed by atoms with E-state index in [1.165, 1.54) is 0 Å². The zero-order valence-electron chi connectivity index (χ0n) is 8.60. The number of ether oxygens (including phenoxy) is 1. The minimum absolute atomic E-state index is 0.487. The van der Waals surface area contributed by atoms with E-state index >= 15 is 0 Å². The highest BCUT2D eigenvalue weighted by Crippen LogP contribution is 2.17. The van der Waals surface area contributed by atoms with Gasteiger partial charge >= 0.3 is 0 Å². The summed E-state index contributed by atoms with van der Waals surface area (Å²) >= 11 is 5.72.